The molecule has 1 aliphatic carbocycles. The van der Waals surface area contributed by atoms with Gasteiger partial charge in [-0.25, -0.2) is 9.97 Å². The van der Waals surface area contributed by atoms with Gasteiger partial charge in [-0.1, -0.05) is 0 Å². The number of aryl methyl sites for hydroxylation is 1. The molecule has 0 aromatic carbocycles. The van der Waals surface area contributed by atoms with E-state index in [9.17, 15) is 4.79 Å². The molecule has 2 heterocycles. The molecule has 82 valence electrons. The number of primary amides is 1. The van der Waals surface area contributed by atoms with Crippen molar-refractivity contribution in [3.8, 4) is 0 Å². The molecule has 0 saturated heterocycles. The molecule has 2 N–H and O–H groups in total. The first kappa shape index (κ1) is 9.72. The SMILES string of the molecule is NC(=O)C1CCc2c(sc3ncncc23)C1. The first-order valence-electron chi connectivity index (χ1n) is 5.25. The van der Waals surface area contributed by atoms with Crippen LogP contribution in [0.1, 0.15) is 16.9 Å². The van der Waals surface area contributed by atoms with Gasteiger partial charge in [-0.15, -0.1) is 11.3 Å². The van der Waals surface area contributed by atoms with E-state index in [2.05, 4.69) is 9.97 Å². The van der Waals surface area contributed by atoms with Crippen molar-refractivity contribution in [2.45, 2.75) is 19.3 Å². The van der Waals surface area contributed by atoms with Crippen LogP contribution in [0.5, 0.6) is 0 Å². The second kappa shape index (κ2) is 3.52. The number of hydrogen-bond acceptors (Lipinski definition) is 4. The number of amides is 1. The van der Waals surface area contributed by atoms with E-state index >= 15 is 0 Å². The van der Waals surface area contributed by atoms with Crippen LogP contribution in [0.4, 0.5) is 0 Å². The highest BCUT2D eigenvalue weighted by Crippen LogP contribution is 2.36. The number of carbonyl (C=O) groups is 1. The molecule has 16 heavy (non-hydrogen) atoms. The molecule has 3 rings (SSSR count). The van der Waals surface area contributed by atoms with Gasteiger partial charge >= 0.3 is 0 Å². The van der Waals surface area contributed by atoms with Crippen LogP contribution in [0.15, 0.2) is 12.5 Å². The molecule has 0 saturated carbocycles. The van der Waals surface area contributed by atoms with Gasteiger partial charge in [0.2, 0.25) is 5.91 Å². The molecule has 0 radical (unpaired) electrons. The Bertz CT molecular complexity index is 563. The Morgan fingerprint density at radius 3 is 3.25 bits per heavy atom. The van der Waals surface area contributed by atoms with Gasteiger partial charge in [0.1, 0.15) is 11.2 Å². The maximum Gasteiger partial charge on any atom is 0.220 e. The summed E-state index contributed by atoms with van der Waals surface area (Å²) < 4.78 is 0. The Morgan fingerprint density at radius 1 is 1.56 bits per heavy atom. The molecule has 0 bridgehead atoms. The molecule has 0 aliphatic heterocycles. The van der Waals surface area contributed by atoms with E-state index in [0.717, 1.165) is 29.5 Å². The Labute approximate surface area is 96.5 Å². The quantitative estimate of drug-likeness (QED) is 0.806. The van der Waals surface area contributed by atoms with Crippen molar-refractivity contribution in [2.75, 3.05) is 0 Å². The molecule has 4 nitrogen and oxygen atoms in total. The number of aromatic nitrogens is 2. The highest BCUT2D eigenvalue weighted by atomic mass is 32.1. The van der Waals surface area contributed by atoms with Crippen molar-refractivity contribution >= 4 is 27.5 Å². The zero-order valence-electron chi connectivity index (χ0n) is 8.64. The van der Waals surface area contributed by atoms with Crippen molar-refractivity contribution in [3.63, 3.8) is 0 Å². The fourth-order valence-corrected chi connectivity index (χ4v) is 3.50. The second-order valence-electron chi connectivity index (χ2n) is 4.09. The van der Waals surface area contributed by atoms with E-state index < -0.39 is 0 Å². The predicted molar refractivity (Wildman–Crippen MR) is 62.1 cm³/mol. The summed E-state index contributed by atoms with van der Waals surface area (Å²) in [6.07, 6.45) is 5.96. The average molecular weight is 233 g/mol. The summed E-state index contributed by atoms with van der Waals surface area (Å²) in [4.78, 5) is 21.8. The summed E-state index contributed by atoms with van der Waals surface area (Å²) in [7, 11) is 0. The molecule has 2 aromatic heterocycles. The number of nitrogens with zero attached hydrogens (tertiary/aromatic N) is 2. The van der Waals surface area contributed by atoms with E-state index in [1.807, 2.05) is 6.20 Å². The molecule has 1 unspecified atom stereocenters. The molecular formula is C11H11N3OS. The van der Waals surface area contributed by atoms with Gasteiger partial charge in [-0.05, 0) is 24.8 Å². The van der Waals surface area contributed by atoms with Crippen molar-refractivity contribution in [3.05, 3.63) is 23.0 Å². The lowest BCUT2D eigenvalue weighted by Gasteiger charge is -2.18. The molecule has 2 aromatic rings. The fourth-order valence-electron chi connectivity index (χ4n) is 2.26. The zero-order valence-corrected chi connectivity index (χ0v) is 9.46. The highest BCUT2D eigenvalue weighted by molar-refractivity contribution is 7.18. The van der Waals surface area contributed by atoms with Crippen molar-refractivity contribution in [1.82, 2.24) is 9.97 Å². The number of fused-ring (bicyclic) bond motifs is 3. The van der Waals surface area contributed by atoms with Gasteiger partial charge in [0.15, 0.2) is 0 Å². The summed E-state index contributed by atoms with van der Waals surface area (Å²) in [5.41, 5.74) is 6.67. The van der Waals surface area contributed by atoms with Crippen LogP contribution in [0.25, 0.3) is 10.2 Å². The van der Waals surface area contributed by atoms with E-state index in [0.29, 0.717) is 0 Å². The standard InChI is InChI=1S/C11H11N3OS/c12-10(15)6-1-2-7-8-4-13-5-14-11(8)16-9(7)3-6/h4-6H,1-3H2,(H2,12,15). The largest absolute Gasteiger partial charge is 0.369 e. The summed E-state index contributed by atoms with van der Waals surface area (Å²) in [6.45, 7) is 0. The number of thiophene rings is 1. The summed E-state index contributed by atoms with van der Waals surface area (Å²) >= 11 is 1.66. The first-order chi connectivity index (χ1) is 7.75. The normalized spacial score (nSPS) is 19.6. The topological polar surface area (TPSA) is 68.9 Å². The van der Waals surface area contributed by atoms with Gasteiger partial charge in [-0.2, -0.15) is 0 Å². The summed E-state index contributed by atoms with van der Waals surface area (Å²) in [6, 6.07) is 0. The van der Waals surface area contributed by atoms with Crippen molar-refractivity contribution in [2.24, 2.45) is 11.7 Å². The Balaban J connectivity index is 2.09. The monoisotopic (exact) mass is 233 g/mol. The van der Waals surface area contributed by atoms with Crippen LogP contribution in [0, 0.1) is 5.92 Å². The third-order valence-corrected chi connectivity index (χ3v) is 4.31. The average Bonchev–Trinajstić information content (AvgIpc) is 2.66. The predicted octanol–water partition coefficient (Wildman–Crippen LogP) is 1.28. The number of carbonyl (C=O) groups excluding carboxylic acids is 1. The number of nitrogens with two attached hydrogens (primary N) is 1. The molecule has 1 aliphatic rings. The van der Waals surface area contributed by atoms with Gasteiger partial charge in [0.05, 0.1) is 0 Å². The first-order valence-corrected chi connectivity index (χ1v) is 6.07. The van der Waals surface area contributed by atoms with Crippen LogP contribution in [0.3, 0.4) is 0 Å². The smallest absolute Gasteiger partial charge is 0.220 e. The Morgan fingerprint density at radius 2 is 2.44 bits per heavy atom. The minimum absolute atomic E-state index is 0.00600. The zero-order chi connectivity index (χ0) is 11.1. The minimum atomic E-state index is -0.186. The molecule has 0 fully saturated rings. The van der Waals surface area contributed by atoms with Crippen LogP contribution in [-0.2, 0) is 17.6 Å². The molecule has 1 atom stereocenters. The lowest BCUT2D eigenvalue weighted by molar-refractivity contribution is -0.122. The van der Waals surface area contributed by atoms with Crippen LogP contribution in [-0.4, -0.2) is 15.9 Å². The van der Waals surface area contributed by atoms with Crippen LogP contribution < -0.4 is 5.73 Å². The van der Waals surface area contributed by atoms with Crippen LogP contribution in [0.2, 0.25) is 0 Å². The summed E-state index contributed by atoms with van der Waals surface area (Å²) in [5.74, 6) is -0.192. The number of hydrogen-bond donors (Lipinski definition) is 1. The van der Waals surface area contributed by atoms with Gasteiger partial charge < -0.3 is 5.73 Å². The highest BCUT2D eigenvalue weighted by Gasteiger charge is 2.26. The van der Waals surface area contributed by atoms with E-state index in [4.69, 9.17) is 5.73 Å². The van der Waals surface area contributed by atoms with Gasteiger partial charge in [-0.3, -0.25) is 4.79 Å². The third-order valence-electron chi connectivity index (χ3n) is 3.13. The van der Waals surface area contributed by atoms with E-state index in [1.165, 1.54) is 10.4 Å². The molecule has 0 spiro atoms. The third kappa shape index (κ3) is 1.39. The maximum atomic E-state index is 11.2. The fraction of sp³-hybridized carbons (Fsp3) is 0.364. The lowest BCUT2D eigenvalue weighted by atomic mass is 9.87. The maximum absolute atomic E-state index is 11.2. The van der Waals surface area contributed by atoms with Crippen molar-refractivity contribution < 1.29 is 4.79 Å². The molecular weight excluding hydrogens is 222 g/mol. The van der Waals surface area contributed by atoms with E-state index in [1.54, 1.807) is 17.7 Å². The van der Waals surface area contributed by atoms with Gasteiger partial charge in [0.25, 0.3) is 0 Å². The molecule has 5 heteroatoms. The van der Waals surface area contributed by atoms with Crippen LogP contribution >= 0.6 is 11.3 Å². The lowest BCUT2D eigenvalue weighted by Crippen LogP contribution is -2.27. The van der Waals surface area contributed by atoms with Crippen molar-refractivity contribution in [1.29, 1.82) is 0 Å². The molecule has 1 amide bonds. The minimum Gasteiger partial charge on any atom is -0.369 e. The number of rotatable bonds is 1. The van der Waals surface area contributed by atoms with E-state index in [-0.39, 0.29) is 11.8 Å². The Kier molecular flexibility index (Phi) is 2.14. The Hall–Kier alpha value is -1.49. The summed E-state index contributed by atoms with van der Waals surface area (Å²) in [5, 5.41) is 1.14. The second-order valence-corrected chi connectivity index (χ2v) is 5.17. The van der Waals surface area contributed by atoms with Gasteiger partial charge in [0, 0.05) is 22.4 Å².